The number of amides is 2. The number of hydrogen-bond acceptors (Lipinski definition) is 9. The van der Waals surface area contributed by atoms with Crippen LogP contribution in [0.5, 0.6) is 0 Å². The molecule has 0 fully saturated rings. The predicted molar refractivity (Wildman–Crippen MR) is 122 cm³/mol. The highest BCUT2D eigenvalue weighted by atomic mass is 16.6. The van der Waals surface area contributed by atoms with E-state index in [0.717, 1.165) is 0 Å². The molecule has 0 aromatic carbocycles. The van der Waals surface area contributed by atoms with Crippen LogP contribution in [0.2, 0.25) is 0 Å². The standard InChI is InChI=1S/C23H37N3O8/c1-8-31-19(28)23(25-16(4)27,20(29)32-9-2)13-18-12-17(26-34-18)11-10-15(3)14-24-21(30)33-22(5,6)7/h12,15H,8-11,13-14H2,1-7H3,(H,24,30)(H,25,27). The molecule has 0 spiro atoms. The van der Waals surface area contributed by atoms with E-state index in [4.69, 9.17) is 18.7 Å². The molecule has 11 nitrogen and oxygen atoms in total. The molecule has 0 aliphatic carbocycles. The van der Waals surface area contributed by atoms with Crippen molar-refractivity contribution >= 4 is 23.9 Å². The smallest absolute Gasteiger partial charge is 0.407 e. The van der Waals surface area contributed by atoms with Crippen molar-refractivity contribution in [3.8, 4) is 0 Å². The normalized spacial score (nSPS) is 12.4. The Kier molecular flexibility index (Phi) is 11.0. The van der Waals surface area contributed by atoms with E-state index in [1.807, 2.05) is 6.92 Å². The van der Waals surface area contributed by atoms with Crippen molar-refractivity contribution in [2.24, 2.45) is 5.92 Å². The van der Waals surface area contributed by atoms with Crippen molar-refractivity contribution in [2.45, 2.75) is 78.9 Å². The first-order valence-electron chi connectivity index (χ1n) is 11.4. The van der Waals surface area contributed by atoms with Gasteiger partial charge in [0.15, 0.2) is 0 Å². The lowest BCUT2D eigenvalue weighted by Gasteiger charge is -2.28. The highest BCUT2D eigenvalue weighted by molar-refractivity contribution is 6.08. The van der Waals surface area contributed by atoms with Crippen molar-refractivity contribution < 1.29 is 37.9 Å². The summed E-state index contributed by atoms with van der Waals surface area (Å²) in [5.74, 6) is -2.14. The minimum atomic E-state index is -2.08. The van der Waals surface area contributed by atoms with Crippen LogP contribution in [0.3, 0.4) is 0 Å². The van der Waals surface area contributed by atoms with Gasteiger partial charge < -0.3 is 29.4 Å². The number of rotatable bonds is 12. The average Bonchev–Trinajstić information content (AvgIpc) is 3.16. The minimum Gasteiger partial charge on any atom is -0.464 e. The van der Waals surface area contributed by atoms with Gasteiger partial charge in [-0.05, 0) is 53.4 Å². The molecule has 11 heteroatoms. The number of aryl methyl sites for hydroxylation is 1. The number of alkyl carbamates (subject to hydrolysis) is 1. The second kappa shape index (κ2) is 13.0. The van der Waals surface area contributed by atoms with Gasteiger partial charge in [-0.2, -0.15) is 0 Å². The first-order chi connectivity index (χ1) is 15.8. The van der Waals surface area contributed by atoms with Gasteiger partial charge in [-0.15, -0.1) is 0 Å². The lowest BCUT2D eigenvalue weighted by Crippen LogP contribution is -2.62. The summed E-state index contributed by atoms with van der Waals surface area (Å²) < 4.78 is 20.7. The van der Waals surface area contributed by atoms with E-state index in [1.165, 1.54) is 6.92 Å². The molecule has 0 radical (unpaired) electrons. The molecule has 2 amide bonds. The lowest BCUT2D eigenvalue weighted by molar-refractivity contribution is -0.168. The van der Waals surface area contributed by atoms with Gasteiger partial charge in [0.05, 0.1) is 25.3 Å². The summed E-state index contributed by atoms with van der Waals surface area (Å²) in [6.07, 6.45) is 0.434. The van der Waals surface area contributed by atoms with Crippen molar-refractivity contribution in [3.05, 3.63) is 17.5 Å². The van der Waals surface area contributed by atoms with Crippen LogP contribution in [0.4, 0.5) is 4.79 Å². The van der Waals surface area contributed by atoms with E-state index < -0.39 is 35.1 Å². The Labute approximate surface area is 200 Å². The van der Waals surface area contributed by atoms with Gasteiger partial charge in [-0.1, -0.05) is 12.1 Å². The summed E-state index contributed by atoms with van der Waals surface area (Å²) in [5, 5.41) is 9.12. The molecular weight excluding hydrogens is 446 g/mol. The lowest BCUT2D eigenvalue weighted by atomic mass is 9.93. The summed E-state index contributed by atoms with van der Waals surface area (Å²) in [6, 6.07) is 1.61. The Morgan fingerprint density at radius 2 is 1.68 bits per heavy atom. The topological polar surface area (TPSA) is 146 Å². The summed E-state index contributed by atoms with van der Waals surface area (Å²) in [4.78, 5) is 49.0. The van der Waals surface area contributed by atoms with Gasteiger partial charge in [-0.25, -0.2) is 14.4 Å². The molecule has 1 rings (SSSR count). The third kappa shape index (κ3) is 9.40. The highest BCUT2D eigenvalue weighted by Crippen LogP contribution is 2.20. The molecule has 0 aliphatic heterocycles. The molecule has 1 aromatic rings. The van der Waals surface area contributed by atoms with Gasteiger partial charge in [0.1, 0.15) is 11.4 Å². The minimum absolute atomic E-state index is 0.0104. The van der Waals surface area contributed by atoms with Crippen LogP contribution in [0.15, 0.2) is 10.6 Å². The molecule has 0 saturated carbocycles. The maximum atomic E-state index is 12.7. The van der Waals surface area contributed by atoms with Crippen LogP contribution in [-0.2, 0) is 41.4 Å². The number of nitrogens with zero attached hydrogens (tertiary/aromatic N) is 1. The monoisotopic (exact) mass is 483 g/mol. The fourth-order valence-electron chi connectivity index (χ4n) is 3.07. The fraction of sp³-hybridized carbons (Fsp3) is 0.696. The van der Waals surface area contributed by atoms with Gasteiger partial charge in [0.25, 0.3) is 0 Å². The second-order valence-corrected chi connectivity index (χ2v) is 9.02. The van der Waals surface area contributed by atoms with E-state index in [-0.39, 0.29) is 31.3 Å². The van der Waals surface area contributed by atoms with Gasteiger partial charge in [0, 0.05) is 19.5 Å². The molecule has 192 valence electrons. The van der Waals surface area contributed by atoms with Gasteiger partial charge in [-0.3, -0.25) is 4.79 Å². The number of ether oxygens (including phenoxy) is 3. The zero-order chi connectivity index (χ0) is 25.9. The number of carbonyl (C=O) groups excluding carboxylic acids is 4. The summed E-state index contributed by atoms with van der Waals surface area (Å²) in [7, 11) is 0. The number of carbonyl (C=O) groups is 4. The largest absolute Gasteiger partial charge is 0.464 e. The summed E-state index contributed by atoms with van der Waals surface area (Å²) in [5.41, 5.74) is -2.05. The van der Waals surface area contributed by atoms with E-state index in [0.29, 0.717) is 25.1 Å². The molecule has 1 heterocycles. The molecule has 0 saturated heterocycles. The molecule has 0 bridgehead atoms. The van der Waals surface area contributed by atoms with E-state index in [9.17, 15) is 19.2 Å². The Hall–Kier alpha value is -3.11. The number of esters is 2. The Bertz CT molecular complexity index is 826. The average molecular weight is 484 g/mol. The van der Waals surface area contributed by atoms with Crippen molar-refractivity contribution in [1.29, 1.82) is 0 Å². The summed E-state index contributed by atoms with van der Waals surface area (Å²) >= 11 is 0. The first-order valence-corrected chi connectivity index (χ1v) is 11.4. The van der Waals surface area contributed by atoms with Crippen LogP contribution >= 0.6 is 0 Å². The summed E-state index contributed by atoms with van der Waals surface area (Å²) in [6.45, 7) is 12.2. The SMILES string of the molecule is CCOC(=O)C(Cc1cc(CCC(C)CNC(=O)OC(C)(C)C)no1)(NC(C)=O)C(=O)OCC. The van der Waals surface area contributed by atoms with Crippen LogP contribution in [0.25, 0.3) is 0 Å². The Morgan fingerprint density at radius 3 is 2.18 bits per heavy atom. The molecule has 1 unspecified atom stereocenters. The van der Waals surface area contributed by atoms with Crippen molar-refractivity contribution in [1.82, 2.24) is 15.8 Å². The van der Waals surface area contributed by atoms with Gasteiger partial charge in [0.2, 0.25) is 11.4 Å². The number of aromatic nitrogens is 1. The van der Waals surface area contributed by atoms with Gasteiger partial charge >= 0.3 is 18.0 Å². The second-order valence-electron chi connectivity index (χ2n) is 9.02. The number of nitrogens with one attached hydrogen (secondary N) is 2. The third-order valence-corrected chi connectivity index (χ3v) is 4.57. The first kappa shape index (κ1) is 28.9. The van der Waals surface area contributed by atoms with E-state index in [1.54, 1.807) is 40.7 Å². The van der Waals surface area contributed by atoms with Crippen LogP contribution in [-0.4, -0.2) is 60.0 Å². The Balaban J connectivity index is 2.85. The maximum absolute atomic E-state index is 12.7. The molecule has 1 atom stereocenters. The van der Waals surface area contributed by atoms with Crippen LogP contribution in [0.1, 0.15) is 66.3 Å². The zero-order valence-corrected chi connectivity index (χ0v) is 21.1. The Morgan fingerprint density at radius 1 is 1.09 bits per heavy atom. The quantitative estimate of drug-likeness (QED) is 0.260. The van der Waals surface area contributed by atoms with Crippen LogP contribution in [0, 0.1) is 5.92 Å². The third-order valence-electron chi connectivity index (χ3n) is 4.57. The maximum Gasteiger partial charge on any atom is 0.407 e. The van der Waals surface area contributed by atoms with E-state index in [2.05, 4.69) is 15.8 Å². The van der Waals surface area contributed by atoms with Crippen molar-refractivity contribution in [2.75, 3.05) is 19.8 Å². The molecule has 1 aromatic heterocycles. The molecule has 34 heavy (non-hydrogen) atoms. The molecular formula is C23H37N3O8. The van der Waals surface area contributed by atoms with E-state index >= 15 is 0 Å². The molecule has 2 N–H and O–H groups in total. The highest BCUT2D eigenvalue weighted by Gasteiger charge is 2.51. The predicted octanol–water partition coefficient (Wildman–Crippen LogP) is 2.31. The fourth-order valence-corrected chi connectivity index (χ4v) is 3.07. The number of hydrogen-bond donors (Lipinski definition) is 2. The molecule has 0 aliphatic rings. The van der Waals surface area contributed by atoms with Crippen LogP contribution < -0.4 is 10.6 Å². The van der Waals surface area contributed by atoms with Crippen molar-refractivity contribution in [3.63, 3.8) is 0 Å². The zero-order valence-electron chi connectivity index (χ0n) is 21.1.